The summed E-state index contributed by atoms with van der Waals surface area (Å²) >= 11 is 2.65. The monoisotopic (exact) mass is 281 g/mol. The van der Waals surface area contributed by atoms with Crippen LogP contribution in [0.3, 0.4) is 0 Å². The molecule has 1 aliphatic carbocycles. The first kappa shape index (κ1) is 10.8. The predicted molar refractivity (Wildman–Crippen MR) is 62.9 cm³/mol. The molecule has 1 saturated carbocycles. The Balaban J connectivity index is 2.30. The molecule has 1 nitrogen and oxygen atoms in total. The molecule has 72 valence electrons. The molecule has 0 amide bonds. The summed E-state index contributed by atoms with van der Waals surface area (Å²) in [5.41, 5.74) is 0. The smallest absolute Gasteiger partial charge is 0.0354 e. The summed E-state index contributed by atoms with van der Waals surface area (Å²) in [5, 5.41) is 0. The first-order valence-corrected chi connectivity index (χ1v) is 5.84. The Morgan fingerprint density at radius 2 is 1.92 bits per heavy atom. The van der Waals surface area contributed by atoms with Gasteiger partial charge in [0.05, 0.1) is 0 Å². The number of rotatable bonds is 3. The second-order valence-corrected chi connectivity index (χ2v) is 7.09. The van der Waals surface area contributed by atoms with Crippen LogP contribution in [0.25, 0.3) is 0 Å². The first-order valence-electron chi connectivity index (χ1n) is 4.76. The molecule has 0 aromatic heterocycles. The van der Waals surface area contributed by atoms with Gasteiger partial charge in [0, 0.05) is 9.97 Å². The standard InChI is InChI=1S/C10H20IN/c1-8(2)9-5-10(11,6-9)7-12(3)4/h8-9H,5-7H2,1-4H3. The second kappa shape index (κ2) is 3.82. The van der Waals surface area contributed by atoms with Crippen LogP contribution in [0, 0.1) is 11.8 Å². The van der Waals surface area contributed by atoms with E-state index in [-0.39, 0.29) is 0 Å². The summed E-state index contributed by atoms with van der Waals surface area (Å²) < 4.78 is 0.593. The van der Waals surface area contributed by atoms with Crippen molar-refractivity contribution in [3.8, 4) is 0 Å². The van der Waals surface area contributed by atoms with Crippen molar-refractivity contribution in [3.05, 3.63) is 0 Å². The number of hydrogen-bond donors (Lipinski definition) is 0. The van der Waals surface area contributed by atoms with Gasteiger partial charge in [-0.05, 0) is 38.8 Å². The van der Waals surface area contributed by atoms with Gasteiger partial charge < -0.3 is 4.90 Å². The predicted octanol–water partition coefficient (Wildman–Crippen LogP) is 2.79. The van der Waals surface area contributed by atoms with Gasteiger partial charge in [-0.3, -0.25) is 0 Å². The molecule has 0 aliphatic heterocycles. The SMILES string of the molecule is CC(C)C1CC(I)(CN(C)C)C1. The molecule has 0 atom stereocenters. The largest absolute Gasteiger partial charge is 0.308 e. The van der Waals surface area contributed by atoms with E-state index in [0.717, 1.165) is 11.8 Å². The van der Waals surface area contributed by atoms with Crippen LogP contribution < -0.4 is 0 Å². The minimum absolute atomic E-state index is 0.593. The molecule has 0 heterocycles. The van der Waals surface area contributed by atoms with Gasteiger partial charge in [0.1, 0.15) is 0 Å². The molecule has 0 aromatic carbocycles. The van der Waals surface area contributed by atoms with Crippen LogP contribution in [-0.4, -0.2) is 29.0 Å². The van der Waals surface area contributed by atoms with Crippen LogP contribution in [0.2, 0.25) is 0 Å². The highest BCUT2D eigenvalue weighted by Gasteiger charge is 2.43. The Morgan fingerprint density at radius 1 is 1.42 bits per heavy atom. The highest BCUT2D eigenvalue weighted by atomic mass is 127. The van der Waals surface area contributed by atoms with Gasteiger partial charge in [-0.1, -0.05) is 36.4 Å². The van der Waals surface area contributed by atoms with E-state index >= 15 is 0 Å². The lowest BCUT2D eigenvalue weighted by atomic mass is 9.69. The highest BCUT2D eigenvalue weighted by Crippen LogP contribution is 2.48. The van der Waals surface area contributed by atoms with Crippen molar-refractivity contribution < 1.29 is 0 Å². The van der Waals surface area contributed by atoms with Crippen molar-refractivity contribution in [1.82, 2.24) is 4.90 Å². The first-order chi connectivity index (χ1) is 5.43. The molecular weight excluding hydrogens is 261 g/mol. The number of alkyl halides is 1. The molecule has 2 heteroatoms. The summed E-state index contributed by atoms with van der Waals surface area (Å²) in [5.74, 6) is 1.87. The number of halogens is 1. The third-order valence-electron chi connectivity index (χ3n) is 2.80. The molecule has 0 bridgehead atoms. The molecule has 0 radical (unpaired) electrons. The second-order valence-electron chi connectivity index (χ2n) is 4.80. The van der Waals surface area contributed by atoms with Gasteiger partial charge in [-0.25, -0.2) is 0 Å². The summed E-state index contributed by atoms with van der Waals surface area (Å²) in [4.78, 5) is 2.31. The molecule has 0 spiro atoms. The van der Waals surface area contributed by atoms with Crippen LogP contribution in [0.15, 0.2) is 0 Å². The maximum atomic E-state index is 2.65. The van der Waals surface area contributed by atoms with E-state index in [4.69, 9.17) is 0 Å². The zero-order valence-corrected chi connectivity index (χ0v) is 10.8. The lowest BCUT2D eigenvalue weighted by Crippen LogP contribution is -2.47. The van der Waals surface area contributed by atoms with Crippen LogP contribution >= 0.6 is 22.6 Å². The molecular formula is C10H20IN. The average molecular weight is 281 g/mol. The Labute approximate surface area is 90.0 Å². The molecule has 1 aliphatic rings. The zero-order valence-electron chi connectivity index (χ0n) is 8.60. The quantitative estimate of drug-likeness (QED) is 0.568. The fourth-order valence-corrected chi connectivity index (χ4v) is 3.86. The maximum absolute atomic E-state index is 2.65. The Bertz CT molecular complexity index is 148. The molecule has 1 fully saturated rings. The van der Waals surface area contributed by atoms with Crippen LogP contribution in [-0.2, 0) is 0 Å². The van der Waals surface area contributed by atoms with Crippen LogP contribution in [0.1, 0.15) is 26.7 Å². The molecule has 0 aromatic rings. The van der Waals surface area contributed by atoms with Crippen molar-refractivity contribution in [1.29, 1.82) is 0 Å². The number of nitrogens with zero attached hydrogens (tertiary/aromatic N) is 1. The summed E-state index contributed by atoms with van der Waals surface area (Å²) in [6, 6.07) is 0. The Hall–Kier alpha value is 0.690. The van der Waals surface area contributed by atoms with E-state index in [9.17, 15) is 0 Å². The van der Waals surface area contributed by atoms with E-state index in [1.807, 2.05) is 0 Å². The van der Waals surface area contributed by atoms with E-state index in [1.54, 1.807) is 0 Å². The molecule has 0 unspecified atom stereocenters. The van der Waals surface area contributed by atoms with Gasteiger partial charge in [0.25, 0.3) is 0 Å². The lowest BCUT2D eigenvalue weighted by molar-refractivity contribution is 0.154. The van der Waals surface area contributed by atoms with Gasteiger partial charge >= 0.3 is 0 Å². The summed E-state index contributed by atoms with van der Waals surface area (Å²) in [6.07, 6.45) is 2.84. The summed E-state index contributed by atoms with van der Waals surface area (Å²) in [7, 11) is 4.34. The molecule has 1 rings (SSSR count). The topological polar surface area (TPSA) is 3.24 Å². The maximum Gasteiger partial charge on any atom is 0.0354 e. The molecule has 0 N–H and O–H groups in total. The van der Waals surface area contributed by atoms with Crippen molar-refractivity contribution in [3.63, 3.8) is 0 Å². The van der Waals surface area contributed by atoms with E-state index in [0.29, 0.717) is 3.42 Å². The Kier molecular flexibility index (Phi) is 3.43. The minimum atomic E-state index is 0.593. The highest BCUT2D eigenvalue weighted by molar-refractivity contribution is 14.1. The van der Waals surface area contributed by atoms with Crippen LogP contribution in [0.5, 0.6) is 0 Å². The van der Waals surface area contributed by atoms with Crippen LogP contribution in [0.4, 0.5) is 0 Å². The van der Waals surface area contributed by atoms with Crippen molar-refractivity contribution in [2.75, 3.05) is 20.6 Å². The summed E-state index contributed by atoms with van der Waals surface area (Å²) in [6.45, 7) is 5.93. The molecule has 0 saturated heterocycles. The third kappa shape index (κ3) is 2.59. The fourth-order valence-electron chi connectivity index (χ4n) is 2.05. The van der Waals surface area contributed by atoms with Crippen molar-refractivity contribution in [2.24, 2.45) is 11.8 Å². The minimum Gasteiger partial charge on any atom is -0.308 e. The average Bonchev–Trinajstić information content (AvgIpc) is 1.80. The van der Waals surface area contributed by atoms with E-state index < -0.39 is 0 Å². The zero-order chi connectivity index (χ0) is 9.35. The number of hydrogen-bond acceptors (Lipinski definition) is 1. The van der Waals surface area contributed by atoms with Gasteiger partial charge in [-0.15, -0.1) is 0 Å². The normalized spacial score (nSPS) is 35.8. The fraction of sp³-hybridized carbons (Fsp3) is 1.00. The molecule has 12 heavy (non-hydrogen) atoms. The van der Waals surface area contributed by atoms with E-state index in [2.05, 4.69) is 55.4 Å². The van der Waals surface area contributed by atoms with Gasteiger partial charge in [0.15, 0.2) is 0 Å². The van der Waals surface area contributed by atoms with Gasteiger partial charge in [0.2, 0.25) is 0 Å². The Morgan fingerprint density at radius 3 is 2.25 bits per heavy atom. The lowest BCUT2D eigenvalue weighted by Gasteiger charge is -2.47. The van der Waals surface area contributed by atoms with Gasteiger partial charge in [-0.2, -0.15) is 0 Å². The third-order valence-corrected chi connectivity index (χ3v) is 4.02. The van der Waals surface area contributed by atoms with Crippen molar-refractivity contribution in [2.45, 2.75) is 30.1 Å². The van der Waals surface area contributed by atoms with Crippen molar-refractivity contribution >= 4 is 22.6 Å². The van der Waals surface area contributed by atoms with E-state index in [1.165, 1.54) is 19.4 Å².